The molecule has 124 valence electrons. The number of hydrogen-bond donors (Lipinski definition) is 0. The molecule has 1 aromatic heterocycles. The van der Waals surface area contributed by atoms with Crippen LogP contribution in [0.4, 0.5) is 0 Å². The minimum absolute atomic E-state index is 0.0610. The van der Waals surface area contributed by atoms with E-state index in [-0.39, 0.29) is 11.9 Å². The second-order valence-corrected chi connectivity index (χ2v) is 7.17. The lowest BCUT2D eigenvalue weighted by atomic mass is 9.74. The Morgan fingerprint density at radius 1 is 1.30 bits per heavy atom. The molecule has 0 aromatic carbocycles. The zero-order chi connectivity index (χ0) is 16.4. The third-order valence-electron chi connectivity index (χ3n) is 5.40. The van der Waals surface area contributed by atoms with Crippen molar-refractivity contribution in [3.05, 3.63) is 17.5 Å². The van der Waals surface area contributed by atoms with Crippen molar-refractivity contribution in [2.75, 3.05) is 13.1 Å². The molecule has 1 saturated heterocycles. The summed E-state index contributed by atoms with van der Waals surface area (Å²) in [5, 5.41) is 14.2. The zero-order valence-corrected chi connectivity index (χ0v) is 14.2. The Balaban J connectivity index is 1.77. The fourth-order valence-electron chi connectivity index (χ4n) is 4.19. The number of carbonyl (C=O) groups is 1. The predicted octanol–water partition coefficient (Wildman–Crippen LogP) is 3.14. The molecule has 1 atom stereocenters. The van der Waals surface area contributed by atoms with Crippen LogP contribution in [0.2, 0.25) is 0 Å². The van der Waals surface area contributed by atoms with Gasteiger partial charge in [-0.3, -0.25) is 9.48 Å². The number of aryl methyl sites for hydroxylation is 2. The average Bonchev–Trinajstić information content (AvgIpc) is 2.93. The van der Waals surface area contributed by atoms with Gasteiger partial charge in [0.05, 0.1) is 17.8 Å². The standard InChI is InChI=1S/C18H26N4O/c1-14-11-15(2)22(20-14)16-7-6-10-21(12-16)17(23)18(13-19)8-4-3-5-9-18/h11,16H,3-10,12H2,1-2H3/t16-/m1/s1. The molecule has 0 bridgehead atoms. The van der Waals surface area contributed by atoms with Crippen molar-refractivity contribution in [1.82, 2.24) is 14.7 Å². The monoisotopic (exact) mass is 314 g/mol. The van der Waals surface area contributed by atoms with Crippen molar-refractivity contribution in [3.63, 3.8) is 0 Å². The molecule has 0 radical (unpaired) electrons. The number of piperidine rings is 1. The first-order valence-corrected chi connectivity index (χ1v) is 8.79. The maximum atomic E-state index is 13.0. The second-order valence-electron chi connectivity index (χ2n) is 7.17. The molecule has 0 unspecified atom stereocenters. The molecule has 1 aliphatic heterocycles. The lowest BCUT2D eigenvalue weighted by molar-refractivity contribution is -0.142. The molecule has 2 fully saturated rings. The molecule has 1 saturated carbocycles. The molecule has 2 aliphatic rings. The van der Waals surface area contributed by atoms with E-state index in [9.17, 15) is 10.1 Å². The molecule has 1 aliphatic carbocycles. The van der Waals surface area contributed by atoms with Crippen molar-refractivity contribution in [2.24, 2.45) is 5.41 Å². The van der Waals surface area contributed by atoms with E-state index in [0.717, 1.165) is 62.9 Å². The van der Waals surface area contributed by atoms with Crippen LogP contribution in [0.25, 0.3) is 0 Å². The molecule has 1 aromatic rings. The molecule has 0 spiro atoms. The highest BCUT2D eigenvalue weighted by Gasteiger charge is 2.43. The van der Waals surface area contributed by atoms with Gasteiger partial charge < -0.3 is 4.90 Å². The highest BCUT2D eigenvalue weighted by molar-refractivity contribution is 5.85. The molecule has 5 nitrogen and oxygen atoms in total. The van der Waals surface area contributed by atoms with E-state index in [0.29, 0.717) is 6.54 Å². The van der Waals surface area contributed by atoms with Crippen LogP contribution < -0.4 is 0 Å². The molecule has 3 rings (SSSR count). The first-order chi connectivity index (χ1) is 11.1. The van der Waals surface area contributed by atoms with E-state index < -0.39 is 5.41 Å². The summed E-state index contributed by atoms with van der Waals surface area (Å²) < 4.78 is 2.06. The topological polar surface area (TPSA) is 61.9 Å². The molecule has 2 heterocycles. The van der Waals surface area contributed by atoms with Crippen molar-refractivity contribution >= 4 is 5.91 Å². The van der Waals surface area contributed by atoms with Gasteiger partial charge in [-0.2, -0.15) is 10.4 Å². The van der Waals surface area contributed by atoms with Gasteiger partial charge in [-0.25, -0.2) is 0 Å². The molecule has 1 amide bonds. The lowest BCUT2D eigenvalue weighted by Crippen LogP contribution is -2.49. The summed E-state index contributed by atoms with van der Waals surface area (Å²) >= 11 is 0. The Hall–Kier alpha value is -1.83. The molecular formula is C18H26N4O. The van der Waals surface area contributed by atoms with Crippen LogP contribution in [0.1, 0.15) is 62.4 Å². The average molecular weight is 314 g/mol. The number of likely N-dealkylation sites (tertiary alicyclic amines) is 1. The highest BCUT2D eigenvalue weighted by Crippen LogP contribution is 2.38. The zero-order valence-electron chi connectivity index (χ0n) is 14.2. The quantitative estimate of drug-likeness (QED) is 0.842. The van der Waals surface area contributed by atoms with Crippen LogP contribution in [-0.4, -0.2) is 33.7 Å². The maximum Gasteiger partial charge on any atom is 0.243 e. The number of rotatable bonds is 2. The molecule has 23 heavy (non-hydrogen) atoms. The molecule has 5 heteroatoms. The summed E-state index contributed by atoms with van der Waals surface area (Å²) in [6.45, 7) is 5.53. The van der Waals surface area contributed by atoms with E-state index in [1.54, 1.807) is 0 Å². The van der Waals surface area contributed by atoms with E-state index in [2.05, 4.69) is 28.8 Å². The van der Waals surface area contributed by atoms with Gasteiger partial charge in [0.2, 0.25) is 5.91 Å². The summed E-state index contributed by atoms with van der Waals surface area (Å²) in [6.07, 6.45) is 6.61. The molecule has 0 N–H and O–H groups in total. The Labute approximate surface area is 138 Å². The largest absolute Gasteiger partial charge is 0.339 e. The van der Waals surface area contributed by atoms with E-state index in [1.807, 2.05) is 11.8 Å². The fourth-order valence-corrected chi connectivity index (χ4v) is 4.19. The van der Waals surface area contributed by atoms with Gasteiger partial charge in [0, 0.05) is 18.8 Å². The van der Waals surface area contributed by atoms with Gasteiger partial charge >= 0.3 is 0 Å². The number of hydrogen-bond acceptors (Lipinski definition) is 3. The highest BCUT2D eigenvalue weighted by atomic mass is 16.2. The second kappa shape index (κ2) is 6.35. The first kappa shape index (κ1) is 16.0. The fraction of sp³-hybridized carbons (Fsp3) is 0.722. The van der Waals surface area contributed by atoms with Gasteiger partial charge in [0.1, 0.15) is 5.41 Å². The lowest BCUT2D eigenvalue weighted by Gasteiger charge is -2.39. The summed E-state index contributed by atoms with van der Waals surface area (Å²) in [4.78, 5) is 15.0. The SMILES string of the molecule is Cc1cc(C)n([C@@H]2CCCN(C(=O)C3(C#N)CCCCC3)C2)n1. The van der Waals surface area contributed by atoms with Gasteiger partial charge in [0.15, 0.2) is 0 Å². The van der Waals surface area contributed by atoms with Crippen LogP contribution >= 0.6 is 0 Å². The van der Waals surface area contributed by atoms with Gasteiger partial charge in [0.25, 0.3) is 0 Å². The normalized spacial score (nSPS) is 24.2. The Morgan fingerprint density at radius 2 is 2.04 bits per heavy atom. The minimum atomic E-state index is -0.769. The predicted molar refractivity (Wildman–Crippen MR) is 87.7 cm³/mol. The van der Waals surface area contributed by atoms with Gasteiger partial charge in [-0.1, -0.05) is 19.3 Å². The van der Waals surface area contributed by atoms with Crippen LogP contribution in [0, 0.1) is 30.6 Å². The summed E-state index contributed by atoms with van der Waals surface area (Å²) in [7, 11) is 0. The van der Waals surface area contributed by atoms with Crippen molar-refractivity contribution in [2.45, 2.75) is 64.8 Å². The van der Waals surface area contributed by atoms with E-state index in [4.69, 9.17) is 0 Å². The Morgan fingerprint density at radius 3 is 2.65 bits per heavy atom. The van der Waals surface area contributed by atoms with Crippen molar-refractivity contribution in [1.29, 1.82) is 5.26 Å². The Bertz CT molecular complexity index is 621. The van der Waals surface area contributed by atoms with Crippen LogP contribution in [0.5, 0.6) is 0 Å². The van der Waals surface area contributed by atoms with Crippen molar-refractivity contribution in [3.8, 4) is 6.07 Å². The number of amides is 1. The third-order valence-corrected chi connectivity index (χ3v) is 5.40. The van der Waals surface area contributed by atoms with Gasteiger partial charge in [-0.15, -0.1) is 0 Å². The Kier molecular flexibility index (Phi) is 4.43. The minimum Gasteiger partial charge on any atom is -0.339 e. The van der Waals surface area contributed by atoms with Crippen LogP contribution in [0.3, 0.4) is 0 Å². The number of carbonyl (C=O) groups excluding carboxylic acids is 1. The number of nitriles is 1. The summed E-state index contributed by atoms with van der Waals surface area (Å²) in [5.74, 6) is 0.0610. The number of aromatic nitrogens is 2. The first-order valence-electron chi connectivity index (χ1n) is 8.79. The third kappa shape index (κ3) is 2.99. The van der Waals surface area contributed by atoms with Crippen LogP contribution in [-0.2, 0) is 4.79 Å². The summed E-state index contributed by atoms with van der Waals surface area (Å²) in [6, 6.07) is 4.69. The van der Waals surface area contributed by atoms with Crippen LogP contribution in [0.15, 0.2) is 6.07 Å². The van der Waals surface area contributed by atoms with Gasteiger partial charge in [-0.05, 0) is 45.6 Å². The summed E-state index contributed by atoms with van der Waals surface area (Å²) in [5.41, 5.74) is 1.40. The van der Waals surface area contributed by atoms with E-state index in [1.165, 1.54) is 0 Å². The smallest absolute Gasteiger partial charge is 0.243 e. The molecular weight excluding hydrogens is 288 g/mol. The van der Waals surface area contributed by atoms with E-state index >= 15 is 0 Å². The number of nitrogens with zero attached hydrogens (tertiary/aromatic N) is 4. The maximum absolute atomic E-state index is 13.0. The van der Waals surface area contributed by atoms with Crippen molar-refractivity contribution < 1.29 is 4.79 Å².